The van der Waals surface area contributed by atoms with Gasteiger partial charge in [0.15, 0.2) is 11.5 Å². The van der Waals surface area contributed by atoms with Crippen molar-refractivity contribution in [3.8, 4) is 16.2 Å². The maximum Gasteiger partial charge on any atom is 0.308 e. The summed E-state index contributed by atoms with van der Waals surface area (Å²) in [7, 11) is 0. The van der Waals surface area contributed by atoms with Crippen molar-refractivity contribution in [3.05, 3.63) is 39.2 Å². The number of ketones is 1. The van der Waals surface area contributed by atoms with E-state index < -0.39 is 5.97 Å². The van der Waals surface area contributed by atoms with Crippen LogP contribution in [0.1, 0.15) is 24.2 Å². The van der Waals surface area contributed by atoms with E-state index in [1.807, 2.05) is 0 Å². The van der Waals surface area contributed by atoms with Crippen molar-refractivity contribution in [2.45, 2.75) is 13.8 Å². The predicted octanol–water partition coefficient (Wildman–Crippen LogP) is 4.85. The molecule has 0 spiro atoms. The molecule has 6 heteroatoms. The maximum absolute atomic E-state index is 11.6. The highest BCUT2D eigenvalue weighted by Gasteiger charge is 2.20. The third-order valence-corrected chi connectivity index (χ3v) is 4.30. The van der Waals surface area contributed by atoms with Crippen LogP contribution in [0.15, 0.2) is 23.6 Å². The lowest BCUT2D eigenvalue weighted by molar-refractivity contribution is -0.131. The van der Waals surface area contributed by atoms with Crippen LogP contribution in [0.5, 0.6) is 5.75 Å². The van der Waals surface area contributed by atoms with Crippen LogP contribution in [-0.2, 0) is 4.79 Å². The van der Waals surface area contributed by atoms with Crippen molar-refractivity contribution < 1.29 is 14.3 Å². The van der Waals surface area contributed by atoms with E-state index in [0.717, 1.165) is 5.56 Å². The molecule has 1 aromatic heterocycles. The Morgan fingerprint density at radius 3 is 2.40 bits per heavy atom. The molecular weight excluding hydrogens is 319 g/mol. The highest BCUT2D eigenvalue weighted by atomic mass is 35.5. The number of hydrogen-bond donors (Lipinski definition) is 0. The van der Waals surface area contributed by atoms with E-state index in [1.54, 1.807) is 23.6 Å². The van der Waals surface area contributed by atoms with E-state index in [0.29, 0.717) is 20.5 Å². The first-order valence-electron chi connectivity index (χ1n) is 5.66. The fraction of sp³-hybridized carbons (Fsp3) is 0.143. The van der Waals surface area contributed by atoms with Crippen LogP contribution >= 0.6 is 34.5 Å². The van der Waals surface area contributed by atoms with Gasteiger partial charge >= 0.3 is 5.97 Å². The summed E-state index contributed by atoms with van der Waals surface area (Å²) in [5.74, 6) is -0.371. The van der Waals surface area contributed by atoms with Crippen molar-refractivity contribution in [2.24, 2.45) is 0 Å². The standard InChI is InChI=1S/C14H10Cl2O3S/c1-7(17)10-6-20-14(13(10)19-8(2)18)9-3-4-11(15)12(16)5-9/h3-6H,1-2H3. The molecule has 2 aromatic rings. The number of thiophene rings is 1. The first-order valence-corrected chi connectivity index (χ1v) is 7.30. The Morgan fingerprint density at radius 1 is 1.15 bits per heavy atom. The van der Waals surface area contributed by atoms with Gasteiger partial charge in [-0.05, 0) is 24.6 Å². The van der Waals surface area contributed by atoms with E-state index in [1.165, 1.54) is 25.2 Å². The smallest absolute Gasteiger partial charge is 0.308 e. The second-order valence-corrected chi connectivity index (χ2v) is 5.78. The minimum atomic E-state index is -0.479. The second-order valence-electron chi connectivity index (χ2n) is 4.09. The Balaban J connectivity index is 2.58. The number of Topliss-reactive ketones (excluding diaryl/α,β-unsaturated/α-hetero) is 1. The van der Waals surface area contributed by atoms with Crippen molar-refractivity contribution in [2.75, 3.05) is 0 Å². The topological polar surface area (TPSA) is 43.4 Å². The van der Waals surface area contributed by atoms with Gasteiger partial charge in [-0.3, -0.25) is 9.59 Å². The zero-order valence-electron chi connectivity index (χ0n) is 10.7. The SMILES string of the molecule is CC(=O)Oc1c(C(C)=O)csc1-c1ccc(Cl)c(Cl)c1. The molecule has 1 aromatic carbocycles. The van der Waals surface area contributed by atoms with Crippen molar-refractivity contribution in [1.82, 2.24) is 0 Å². The van der Waals surface area contributed by atoms with Gasteiger partial charge in [-0.15, -0.1) is 11.3 Å². The minimum Gasteiger partial charge on any atom is -0.424 e. The van der Waals surface area contributed by atoms with Crippen molar-refractivity contribution in [3.63, 3.8) is 0 Å². The Kier molecular flexibility index (Phi) is 4.48. The number of carbonyl (C=O) groups excluding carboxylic acids is 2. The van der Waals surface area contributed by atoms with Crippen molar-refractivity contribution >= 4 is 46.3 Å². The number of esters is 1. The second kappa shape index (κ2) is 5.95. The summed E-state index contributed by atoms with van der Waals surface area (Å²) in [5.41, 5.74) is 1.12. The summed E-state index contributed by atoms with van der Waals surface area (Å²) in [6, 6.07) is 5.09. The largest absolute Gasteiger partial charge is 0.424 e. The molecule has 104 valence electrons. The molecule has 3 nitrogen and oxygen atoms in total. The lowest BCUT2D eigenvalue weighted by Crippen LogP contribution is -2.05. The van der Waals surface area contributed by atoms with Gasteiger partial charge in [0.25, 0.3) is 0 Å². The number of benzene rings is 1. The molecule has 0 bridgehead atoms. The quantitative estimate of drug-likeness (QED) is 0.597. The van der Waals surface area contributed by atoms with Gasteiger partial charge in [0, 0.05) is 12.3 Å². The molecule has 0 aliphatic carbocycles. The zero-order valence-corrected chi connectivity index (χ0v) is 13.0. The van der Waals surface area contributed by atoms with Crippen LogP contribution in [0.4, 0.5) is 0 Å². The van der Waals surface area contributed by atoms with E-state index >= 15 is 0 Å². The first-order chi connectivity index (χ1) is 9.40. The van der Waals surface area contributed by atoms with Crippen LogP contribution < -0.4 is 4.74 Å². The van der Waals surface area contributed by atoms with Gasteiger partial charge in [-0.2, -0.15) is 0 Å². The number of rotatable bonds is 3. The summed E-state index contributed by atoms with van der Waals surface area (Å²) in [6.45, 7) is 2.72. The van der Waals surface area contributed by atoms with Gasteiger partial charge < -0.3 is 4.74 Å². The van der Waals surface area contributed by atoms with E-state index in [-0.39, 0.29) is 11.5 Å². The van der Waals surface area contributed by atoms with E-state index in [4.69, 9.17) is 27.9 Å². The number of ether oxygens (including phenoxy) is 1. The summed E-state index contributed by atoms with van der Waals surface area (Å²) < 4.78 is 5.18. The third kappa shape index (κ3) is 3.03. The number of hydrogen-bond acceptors (Lipinski definition) is 4. The Morgan fingerprint density at radius 2 is 1.85 bits per heavy atom. The lowest BCUT2D eigenvalue weighted by atomic mass is 10.1. The van der Waals surface area contributed by atoms with Crippen molar-refractivity contribution in [1.29, 1.82) is 0 Å². The fourth-order valence-electron chi connectivity index (χ4n) is 1.67. The molecule has 0 N–H and O–H groups in total. The van der Waals surface area contributed by atoms with Gasteiger partial charge in [-0.1, -0.05) is 29.3 Å². The lowest BCUT2D eigenvalue weighted by Gasteiger charge is -2.06. The first kappa shape index (κ1) is 15.0. The van der Waals surface area contributed by atoms with Gasteiger partial charge in [-0.25, -0.2) is 0 Å². The average Bonchev–Trinajstić information content (AvgIpc) is 2.75. The van der Waals surface area contributed by atoms with E-state index in [9.17, 15) is 9.59 Å². The van der Waals surface area contributed by atoms with Gasteiger partial charge in [0.1, 0.15) is 0 Å². The molecule has 0 atom stereocenters. The molecule has 20 heavy (non-hydrogen) atoms. The van der Waals surface area contributed by atoms with Gasteiger partial charge in [0.05, 0.1) is 20.5 Å². The molecule has 1 heterocycles. The monoisotopic (exact) mass is 328 g/mol. The fourth-order valence-corrected chi connectivity index (χ4v) is 3.00. The molecular formula is C14H10Cl2O3S. The summed E-state index contributed by atoms with van der Waals surface area (Å²) >= 11 is 13.2. The van der Waals surface area contributed by atoms with E-state index in [2.05, 4.69) is 0 Å². The highest BCUT2D eigenvalue weighted by Crippen LogP contribution is 2.41. The number of carbonyl (C=O) groups is 2. The van der Waals surface area contributed by atoms with Crippen LogP contribution in [0.2, 0.25) is 10.0 Å². The molecule has 0 fully saturated rings. The predicted molar refractivity (Wildman–Crippen MR) is 81.1 cm³/mol. The molecule has 0 radical (unpaired) electrons. The Labute approximate surface area is 130 Å². The molecule has 0 unspecified atom stereocenters. The van der Waals surface area contributed by atoms with Crippen LogP contribution in [0.25, 0.3) is 10.4 Å². The van der Waals surface area contributed by atoms with Crippen LogP contribution in [0, 0.1) is 0 Å². The zero-order chi connectivity index (χ0) is 14.9. The molecule has 2 rings (SSSR count). The third-order valence-electron chi connectivity index (χ3n) is 2.55. The molecule has 0 amide bonds. The summed E-state index contributed by atoms with van der Waals surface area (Å²) in [6.07, 6.45) is 0. The Hall–Kier alpha value is -1.36. The van der Waals surface area contributed by atoms with Crippen LogP contribution in [0.3, 0.4) is 0 Å². The number of halogens is 2. The summed E-state index contributed by atoms with van der Waals surface area (Å²) in [5, 5.41) is 2.50. The normalized spacial score (nSPS) is 10.4. The summed E-state index contributed by atoms with van der Waals surface area (Å²) in [4.78, 5) is 23.5. The maximum atomic E-state index is 11.6. The minimum absolute atomic E-state index is 0.163. The Bertz CT molecular complexity index is 692. The highest BCUT2D eigenvalue weighted by molar-refractivity contribution is 7.14. The molecule has 0 aliphatic heterocycles. The molecule has 0 aliphatic rings. The molecule has 0 saturated heterocycles. The van der Waals surface area contributed by atoms with Crippen LogP contribution in [-0.4, -0.2) is 11.8 Å². The van der Waals surface area contributed by atoms with Gasteiger partial charge in [0.2, 0.25) is 0 Å². The average molecular weight is 329 g/mol. The molecule has 0 saturated carbocycles.